The topological polar surface area (TPSA) is 83.3 Å². The van der Waals surface area contributed by atoms with Gasteiger partial charge in [0.05, 0.1) is 26.4 Å². The van der Waals surface area contributed by atoms with Crippen molar-refractivity contribution < 1.29 is 28.6 Å². The van der Waals surface area contributed by atoms with E-state index in [0.29, 0.717) is 66.6 Å². The predicted octanol–water partition coefficient (Wildman–Crippen LogP) is 2.07. The summed E-state index contributed by atoms with van der Waals surface area (Å²) >= 11 is 5.38. The molecule has 0 saturated carbocycles. The third-order valence-electron chi connectivity index (χ3n) is 4.73. The van der Waals surface area contributed by atoms with Crippen LogP contribution >= 0.6 is 12.2 Å². The highest BCUT2D eigenvalue weighted by Gasteiger charge is 2.23. The van der Waals surface area contributed by atoms with Gasteiger partial charge in [-0.05, 0) is 58.0 Å². The molecule has 0 spiro atoms. The number of benzene rings is 1. The number of nitrogens with one attached hydrogen (secondary N) is 1. The normalized spacial score (nSPS) is 19.2. The quantitative estimate of drug-likeness (QED) is 0.596. The number of likely N-dealkylation sites (tertiary alicyclic amines) is 1. The standard InChI is InChI=1S/C20H29N3O5S/c1-4-25-16-10-14(11-17(26-5-2)18(16)27-6-3)19-21-23(20(29)28-19)13-22-9-7-8-15(24)12-22/h10-11,15,24H,4-9,12-13H2,1-3H3/p+1/t15-/m0/s1. The molecule has 2 aromatic rings. The smallest absolute Gasteiger partial charge is 0.292 e. The fraction of sp³-hybridized carbons (Fsp3) is 0.600. The van der Waals surface area contributed by atoms with E-state index in [0.717, 1.165) is 19.4 Å². The van der Waals surface area contributed by atoms with E-state index in [1.165, 1.54) is 4.90 Å². The molecule has 1 saturated heterocycles. The van der Waals surface area contributed by atoms with Crippen molar-refractivity contribution in [2.45, 2.75) is 46.4 Å². The second kappa shape index (κ2) is 10.1. The average molecular weight is 425 g/mol. The lowest BCUT2D eigenvalue weighted by molar-refractivity contribution is -0.931. The lowest BCUT2D eigenvalue weighted by Crippen LogP contribution is -3.13. The molecule has 29 heavy (non-hydrogen) atoms. The third kappa shape index (κ3) is 5.29. The van der Waals surface area contributed by atoms with Gasteiger partial charge in [-0.25, -0.2) is 0 Å². The molecule has 1 aliphatic rings. The molecule has 1 unspecified atom stereocenters. The highest BCUT2D eigenvalue weighted by atomic mass is 32.1. The van der Waals surface area contributed by atoms with Crippen LogP contribution in [0, 0.1) is 4.84 Å². The number of aromatic nitrogens is 2. The van der Waals surface area contributed by atoms with Crippen molar-refractivity contribution >= 4 is 12.2 Å². The van der Waals surface area contributed by atoms with Crippen molar-refractivity contribution in [3.63, 3.8) is 0 Å². The van der Waals surface area contributed by atoms with Crippen LogP contribution in [0.3, 0.4) is 0 Å². The minimum atomic E-state index is -0.270. The van der Waals surface area contributed by atoms with Crippen LogP contribution in [0.1, 0.15) is 33.6 Å². The van der Waals surface area contributed by atoms with Gasteiger partial charge in [-0.15, -0.1) is 5.10 Å². The van der Waals surface area contributed by atoms with Crippen molar-refractivity contribution in [2.75, 3.05) is 32.9 Å². The number of aliphatic hydroxyl groups excluding tert-OH is 1. The van der Waals surface area contributed by atoms with Crippen LogP contribution in [0.5, 0.6) is 17.2 Å². The molecule has 0 amide bonds. The van der Waals surface area contributed by atoms with Crippen LogP contribution in [-0.4, -0.2) is 53.9 Å². The summed E-state index contributed by atoms with van der Waals surface area (Å²) < 4.78 is 24.7. The first-order chi connectivity index (χ1) is 14.0. The fourth-order valence-corrected chi connectivity index (χ4v) is 3.70. The third-order valence-corrected chi connectivity index (χ3v) is 5.02. The second-order valence-corrected chi connectivity index (χ2v) is 7.28. The predicted molar refractivity (Wildman–Crippen MR) is 110 cm³/mol. The zero-order chi connectivity index (χ0) is 20.8. The average Bonchev–Trinajstić information content (AvgIpc) is 3.05. The number of ether oxygens (including phenoxy) is 3. The van der Waals surface area contributed by atoms with Crippen LogP contribution < -0.4 is 19.1 Å². The maximum atomic E-state index is 9.90. The fourth-order valence-electron chi connectivity index (χ4n) is 3.52. The van der Waals surface area contributed by atoms with Gasteiger partial charge in [-0.3, -0.25) is 0 Å². The summed E-state index contributed by atoms with van der Waals surface area (Å²) in [6.07, 6.45) is 1.57. The van der Waals surface area contributed by atoms with Gasteiger partial charge in [0, 0.05) is 5.56 Å². The molecule has 0 aliphatic carbocycles. The molecule has 1 aromatic heterocycles. The Bertz CT molecular complexity index is 839. The van der Waals surface area contributed by atoms with E-state index in [-0.39, 0.29) is 6.10 Å². The lowest BCUT2D eigenvalue weighted by atomic mass is 10.1. The molecule has 0 bridgehead atoms. The van der Waals surface area contributed by atoms with E-state index in [1.807, 2.05) is 32.9 Å². The maximum Gasteiger partial charge on any atom is 0.292 e. The Labute approximate surface area is 176 Å². The number of rotatable bonds is 9. The number of piperidine rings is 1. The van der Waals surface area contributed by atoms with Gasteiger partial charge in [0.2, 0.25) is 11.6 Å². The molecule has 8 nitrogen and oxygen atoms in total. The largest absolute Gasteiger partial charge is 0.490 e. The van der Waals surface area contributed by atoms with Gasteiger partial charge in [0.15, 0.2) is 18.2 Å². The van der Waals surface area contributed by atoms with E-state index in [1.54, 1.807) is 4.68 Å². The molecular formula is C20H30N3O5S+. The van der Waals surface area contributed by atoms with Gasteiger partial charge < -0.3 is 28.6 Å². The molecule has 160 valence electrons. The Morgan fingerprint density at radius 3 is 2.41 bits per heavy atom. The first-order valence-corrected chi connectivity index (χ1v) is 10.6. The van der Waals surface area contributed by atoms with Gasteiger partial charge >= 0.3 is 0 Å². The SMILES string of the molecule is CCOc1cc(-c2nn(C[NH+]3CCC[C@H](O)C3)c(=S)o2)cc(OCC)c1OCC. The number of nitrogens with zero attached hydrogens (tertiary/aromatic N) is 2. The van der Waals surface area contributed by atoms with Crippen molar-refractivity contribution in [3.8, 4) is 28.7 Å². The van der Waals surface area contributed by atoms with Crippen molar-refractivity contribution in [1.82, 2.24) is 9.78 Å². The van der Waals surface area contributed by atoms with Crippen LogP contribution in [0.2, 0.25) is 0 Å². The summed E-state index contributed by atoms with van der Waals surface area (Å²) in [4.78, 5) is 1.54. The monoisotopic (exact) mass is 424 g/mol. The van der Waals surface area contributed by atoms with Gasteiger partial charge in [-0.2, -0.15) is 4.68 Å². The lowest BCUT2D eigenvalue weighted by Gasteiger charge is -2.26. The number of quaternary nitrogens is 1. The van der Waals surface area contributed by atoms with E-state index in [9.17, 15) is 5.11 Å². The van der Waals surface area contributed by atoms with Crippen molar-refractivity contribution in [3.05, 3.63) is 17.0 Å². The first kappa shape index (κ1) is 21.6. The molecule has 1 fully saturated rings. The summed E-state index contributed by atoms with van der Waals surface area (Å²) in [5.41, 5.74) is 0.707. The second-order valence-electron chi connectivity index (χ2n) is 6.93. The van der Waals surface area contributed by atoms with E-state index in [4.69, 9.17) is 30.8 Å². The van der Waals surface area contributed by atoms with Gasteiger partial charge in [-0.1, -0.05) is 0 Å². The van der Waals surface area contributed by atoms with Crippen LogP contribution in [0.15, 0.2) is 16.5 Å². The molecule has 2 N–H and O–H groups in total. The summed E-state index contributed by atoms with van der Waals surface area (Å²) in [7, 11) is 0. The molecule has 2 heterocycles. The minimum Gasteiger partial charge on any atom is -0.490 e. The molecule has 9 heteroatoms. The first-order valence-electron chi connectivity index (χ1n) is 10.2. The van der Waals surface area contributed by atoms with Crippen molar-refractivity contribution in [1.29, 1.82) is 0 Å². The Morgan fingerprint density at radius 1 is 1.17 bits per heavy atom. The summed E-state index contributed by atoms with van der Waals surface area (Å²) in [5, 5.41) is 14.5. The van der Waals surface area contributed by atoms with Crippen LogP contribution in [0.4, 0.5) is 0 Å². The summed E-state index contributed by atoms with van der Waals surface area (Å²) in [6, 6.07) is 3.67. The molecule has 1 aromatic carbocycles. The Balaban J connectivity index is 1.92. The Hall–Kier alpha value is -2.10. The van der Waals surface area contributed by atoms with Crippen molar-refractivity contribution in [2.24, 2.45) is 0 Å². The van der Waals surface area contributed by atoms with E-state index in [2.05, 4.69) is 5.10 Å². The Kier molecular flexibility index (Phi) is 7.51. The summed E-state index contributed by atoms with van der Waals surface area (Å²) in [5.74, 6) is 2.13. The maximum absolute atomic E-state index is 9.90. The molecule has 1 aliphatic heterocycles. The van der Waals surface area contributed by atoms with E-state index >= 15 is 0 Å². The number of hydrogen-bond donors (Lipinski definition) is 2. The zero-order valence-corrected chi connectivity index (χ0v) is 18.1. The molecule has 2 atom stereocenters. The number of hydrogen-bond acceptors (Lipinski definition) is 7. The summed E-state index contributed by atoms with van der Waals surface area (Å²) in [6.45, 7) is 9.47. The zero-order valence-electron chi connectivity index (χ0n) is 17.3. The van der Waals surface area contributed by atoms with Crippen LogP contribution in [0.25, 0.3) is 11.5 Å². The minimum absolute atomic E-state index is 0.270. The van der Waals surface area contributed by atoms with Gasteiger partial charge in [0.25, 0.3) is 4.84 Å². The highest BCUT2D eigenvalue weighted by molar-refractivity contribution is 7.71. The molecular weight excluding hydrogens is 394 g/mol. The van der Waals surface area contributed by atoms with Gasteiger partial charge in [0.1, 0.15) is 12.6 Å². The molecule has 3 rings (SSSR count). The van der Waals surface area contributed by atoms with Crippen LogP contribution in [-0.2, 0) is 6.67 Å². The van der Waals surface area contributed by atoms with E-state index < -0.39 is 0 Å². The Morgan fingerprint density at radius 2 is 1.83 bits per heavy atom. The number of aliphatic hydroxyl groups is 1. The highest BCUT2D eigenvalue weighted by Crippen LogP contribution is 2.41. The molecule has 0 radical (unpaired) electrons.